The molecule has 0 radical (unpaired) electrons. The van der Waals surface area contributed by atoms with Crippen LogP contribution in [0.3, 0.4) is 0 Å². The third-order valence-corrected chi connectivity index (χ3v) is 4.22. The zero-order valence-electron chi connectivity index (χ0n) is 8.94. The minimum Gasteiger partial charge on any atom is -0.375 e. The molecule has 0 unspecified atom stereocenters. The number of anilines is 1. The van der Waals surface area contributed by atoms with Crippen molar-refractivity contribution in [1.29, 1.82) is 0 Å². The van der Waals surface area contributed by atoms with Gasteiger partial charge < -0.3 is 5.73 Å². The van der Waals surface area contributed by atoms with E-state index in [2.05, 4.69) is 23.8 Å². The predicted molar refractivity (Wildman–Crippen MR) is 66.5 cm³/mol. The van der Waals surface area contributed by atoms with Crippen LogP contribution in [-0.2, 0) is 0 Å². The highest BCUT2D eigenvalue weighted by molar-refractivity contribution is 7.16. The van der Waals surface area contributed by atoms with Crippen LogP contribution in [0.25, 0.3) is 10.6 Å². The number of rotatable bonds is 2. The topological polar surface area (TPSA) is 51.8 Å². The van der Waals surface area contributed by atoms with E-state index < -0.39 is 0 Å². The largest absolute Gasteiger partial charge is 0.375 e. The molecule has 5 heteroatoms. The summed E-state index contributed by atoms with van der Waals surface area (Å²) < 4.78 is 0. The Morgan fingerprint density at radius 3 is 2.53 bits per heavy atom. The second-order valence-corrected chi connectivity index (χ2v) is 5.61. The lowest BCUT2D eigenvalue weighted by Gasteiger charge is -1.95. The van der Waals surface area contributed by atoms with E-state index in [-0.39, 0.29) is 0 Å². The Morgan fingerprint density at radius 2 is 2.07 bits per heavy atom. The van der Waals surface area contributed by atoms with Crippen LogP contribution in [0.5, 0.6) is 0 Å². The SMILES string of the molecule is Cc1nc(C(C)C)sc1-c1csc(N)n1. The van der Waals surface area contributed by atoms with Crippen molar-refractivity contribution in [3.63, 3.8) is 0 Å². The van der Waals surface area contributed by atoms with Crippen LogP contribution in [0, 0.1) is 6.92 Å². The van der Waals surface area contributed by atoms with Gasteiger partial charge in [0, 0.05) is 11.3 Å². The molecule has 0 bridgehead atoms. The van der Waals surface area contributed by atoms with Crippen LogP contribution in [0.15, 0.2) is 5.38 Å². The Morgan fingerprint density at radius 1 is 1.33 bits per heavy atom. The predicted octanol–water partition coefficient (Wildman–Crippen LogP) is 3.28. The van der Waals surface area contributed by atoms with E-state index in [1.54, 1.807) is 11.3 Å². The average Bonchev–Trinajstić information content (AvgIpc) is 2.71. The fraction of sp³-hybridized carbons (Fsp3) is 0.400. The van der Waals surface area contributed by atoms with Crippen molar-refractivity contribution in [2.75, 3.05) is 5.73 Å². The molecule has 2 rings (SSSR count). The molecule has 2 aromatic heterocycles. The summed E-state index contributed by atoms with van der Waals surface area (Å²) in [5, 5.41) is 3.76. The van der Waals surface area contributed by atoms with Crippen molar-refractivity contribution in [1.82, 2.24) is 9.97 Å². The van der Waals surface area contributed by atoms with Crippen molar-refractivity contribution in [2.45, 2.75) is 26.7 Å². The van der Waals surface area contributed by atoms with Crippen molar-refractivity contribution in [3.8, 4) is 10.6 Å². The minimum atomic E-state index is 0.471. The maximum Gasteiger partial charge on any atom is 0.180 e. The van der Waals surface area contributed by atoms with Gasteiger partial charge in [-0.25, -0.2) is 9.97 Å². The highest BCUT2D eigenvalue weighted by Gasteiger charge is 2.13. The second-order valence-electron chi connectivity index (χ2n) is 3.69. The third kappa shape index (κ3) is 2.03. The minimum absolute atomic E-state index is 0.471. The van der Waals surface area contributed by atoms with Gasteiger partial charge in [-0.15, -0.1) is 22.7 Å². The van der Waals surface area contributed by atoms with Crippen molar-refractivity contribution in [2.24, 2.45) is 0 Å². The number of hydrogen-bond acceptors (Lipinski definition) is 5. The molecule has 0 amide bonds. The molecule has 80 valence electrons. The Kier molecular flexibility index (Phi) is 2.75. The Hall–Kier alpha value is -0.940. The van der Waals surface area contributed by atoms with Crippen LogP contribution in [-0.4, -0.2) is 9.97 Å². The van der Waals surface area contributed by atoms with Crippen LogP contribution < -0.4 is 5.73 Å². The molecule has 0 aromatic carbocycles. The zero-order valence-corrected chi connectivity index (χ0v) is 10.6. The van der Waals surface area contributed by atoms with Gasteiger partial charge in [0.15, 0.2) is 5.13 Å². The van der Waals surface area contributed by atoms with Gasteiger partial charge in [0.05, 0.1) is 21.3 Å². The normalized spacial score (nSPS) is 11.2. The Bertz CT molecular complexity index is 471. The fourth-order valence-electron chi connectivity index (χ4n) is 1.29. The quantitative estimate of drug-likeness (QED) is 0.875. The first-order valence-electron chi connectivity index (χ1n) is 4.76. The van der Waals surface area contributed by atoms with Crippen LogP contribution in [0.1, 0.15) is 30.5 Å². The van der Waals surface area contributed by atoms with Crippen LogP contribution in [0.2, 0.25) is 0 Å². The molecular formula is C10H13N3S2. The van der Waals surface area contributed by atoms with E-state index in [4.69, 9.17) is 5.73 Å². The van der Waals surface area contributed by atoms with Gasteiger partial charge in [0.1, 0.15) is 0 Å². The number of thiazole rings is 2. The van der Waals surface area contributed by atoms with Gasteiger partial charge >= 0.3 is 0 Å². The molecule has 0 aliphatic carbocycles. The molecule has 2 heterocycles. The number of nitrogens with two attached hydrogens (primary N) is 1. The summed E-state index contributed by atoms with van der Waals surface area (Å²) in [4.78, 5) is 9.96. The molecule has 2 N–H and O–H groups in total. The summed E-state index contributed by atoms with van der Waals surface area (Å²) in [6.07, 6.45) is 0. The maximum absolute atomic E-state index is 5.62. The van der Waals surface area contributed by atoms with Gasteiger partial charge in [-0.1, -0.05) is 13.8 Å². The molecule has 2 aromatic rings. The first-order chi connectivity index (χ1) is 7.08. The second kappa shape index (κ2) is 3.90. The molecule has 3 nitrogen and oxygen atoms in total. The highest BCUT2D eigenvalue weighted by Crippen LogP contribution is 2.33. The molecule has 15 heavy (non-hydrogen) atoms. The smallest absolute Gasteiger partial charge is 0.180 e. The molecule has 0 saturated heterocycles. The molecule has 0 fully saturated rings. The average molecular weight is 239 g/mol. The lowest BCUT2D eigenvalue weighted by atomic mass is 10.2. The molecular weight excluding hydrogens is 226 g/mol. The van der Waals surface area contributed by atoms with E-state index in [9.17, 15) is 0 Å². The third-order valence-electron chi connectivity index (χ3n) is 2.06. The summed E-state index contributed by atoms with van der Waals surface area (Å²) in [5.74, 6) is 0.471. The number of nitrogens with zero attached hydrogens (tertiary/aromatic N) is 2. The van der Waals surface area contributed by atoms with Gasteiger partial charge in [-0.05, 0) is 6.92 Å². The van der Waals surface area contributed by atoms with E-state index in [0.29, 0.717) is 11.0 Å². The van der Waals surface area contributed by atoms with Gasteiger partial charge in [-0.3, -0.25) is 0 Å². The first-order valence-corrected chi connectivity index (χ1v) is 6.46. The highest BCUT2D eigenvalue weighted by atomic mass is 32.1. The summed E-state index contributed by atoms with van der Waals surface area (Å²) in [5.41, 5.74) is 7.63. The number of nitrogen functional groups attached to an aromatic ring is 1. The molecule has 0 atom stereocenters. The van der Waals surface area contributed by atoms with Crippen molar-refractivity contribution in [3.05, 3.63) is 16.1 Å². The van der Waals surface area contributed by atoms with Gasteiger partial charge in [0.25, 0.3) is 0 Å². The van der Waals surface area contributed by atoms with Crippen molar-refractivity contribution < 1.29 is 0 Å². The monoisotopic (exact) mass is 239 g/mol. The molecule has 0 spiro atoms. The first kappa shape index (κ1) is 10.6. The van der Waals surface area contributed by atoms with E-state index >= 15 is 0 Å². The summed E-state index contributed by atoms with van der Waals surface area (Å²) in [6, 6.07) is 0. The molecule has 0 saturated carbocycles. The van der Waals surface area contributed by atoms with Gasteiger partial charge in [0.2, 0.25) is 0 Å². The lowest BCUT2D eigenvalue weighted by Crippen LogP contribution is -1.84. The summed E-state index contributed by atoms with van der Waals surface area (Å²) in [7, 11) is 0. The van der Waals surface area contributed by atoms with Crippen LogP contribution in [0.4, 0.5) is 5.13 Å². The number of aromatic nitrogens is 2. The van der Waals surface area contributed by atoms with Crippen molar-refractivity contribution >= 4 is 27.8 Å². The van der Waals surface area contributed by atoms with E-state index in [0.717, 1.165) is 21.3 Å². The Labute approximate surface area is 97.0 Å². The molecule has 0 aliphatic heterocycles. The lowest BCUT2D eigenvalue weighted by molar-refractivity contribution is 0.847. The number of hydrogen-bond donors (Lipinski definition) is 1. The zero-order chi connectivity index (χ0) is 11.0. The standard InChI is InChI=1S/C10H13N3S2/c1-5(2)9-12-6(3)8(15-9)7-4-14-10(11)13-7/h4-5H,1-3H3,(H2,11,13). The van der Waals surface area contributed by atoms with E-state index in [1.807, 2.05) is 12.3 Å². The summed E-state index contributed by atoms with van der Waals surface area (Å²) in [6.45, 7) is 6.32. The fourth-order valence-corrected chi connectivity index (χ4v) is 2.95. The summed E-state index contributed by atoms with van der Waals surface area (Å²) >= 11 is 3.18. The van der Waals surface area contributed by atoms with E-state index in [1.165, 1.54) is 11.3 Å². The maximum atomic E-state index is 5.62. The Balaban J connectivity index is 2.44. The van der Waals surface area contributed by atoms with Gasteiger partial charge in [-0.2, -0.15) is 0 Å². The van der Waals surface area contributed by atoms with Crippen LogP contribution >= 0.6 is 22.7 Å². The molecule has 0 aliphatic rings. The number of aryl methyl sites for hydroxylation is 1.